The molecule has 0 aromatic rings. The first-order chi connectivity index (χ1) is 11.5. The molecule has 26 heavy (non-hydrogen) atoms. The number of hydrogen-bond donors (Lipinski definition) is 0. The van der Waals surface area contributed by atoms with E-state index in [0.717, 1.165) is 6.61 Å². The van der Waals surface area contributed by atoms with Crippen molar-refractivity contribution in [3.8, 4) is 0 Å². The molecule has 0 saturated carbocycles. The van der Waals surface area contributed by atoms with E-state index >= 15 is 0 Å². The minimum absolute atomic E-state index is 0.0723. The number of esters is 1. The largest absolute Gasteiger partial charge is 0.469 e. The Morgan fingerprint density at radius 2 is 1.62 bits per heavy atom. The van der Waals surface area contributed by atoms with Gasteiger partial charge in [-0.3, -0.25) is 4.79 Å². The lowest BCUT2D eigenvalue weighted by atomic mass is 9.98. The van der Waals surface area contributed by atoms with Crippen LogP contribution in [-0.4, -0.2) is 38.0 Å². The van der Waals surface area contributed by atoms with E-state index in [-0.39, 0.29) is 26.9 Å². The van der Waals surface area contributed by atoms with E-state index in [1.165, 1.54) is 12.7 Å². The minimum Gasteiger partial charge on any atom is -0.469 e. The fourth-order valence-electron chi connectivity index (χ4n) is 2.43. The van der Waals surface area contributed by atoms with Crippen LogP contribution in [0.1, 0.15) is 62.3 Å². The van der Waals surface area contributed by atoms with E-state index < -0.39 is 8.32 Å². The molecule has 0 amide bonds. The molecule has 3 nitrogen and oxygen atoms in total. The summed E-state index contributed by atoms with van der Waals surface area (Å²) in [6.45, 7) is 24.9. The zero-order valence-corrected chi connectivity index (χ0v) is 21.0. The third-order valence-electron chi connectivity index (χ3n) is 5.02. The Morgan fingerprint density at radius 3 is 2.00 bits per heavy atom. The normalized spacial score (nSPS) is 17.6. The van der Waals surface area contributed by atoms with Crippen LogP contribution in [0.25, 0.3) is 0 Å². The number of carbonyl (C=O) groups is 1. The Hall–Kier alpha value is -0.263. The van der Waals surface area contributed by atoms with Crippen LogP contribution in [0.2, 0.25) is 18.1 Å². The molecule has 0 aliphatic heterocycles. The van der Waals surface area contributed by atoms with Crippen LogP contribution in [0.15, 0.2) is 11.6 Å². The van der Waals surface area contributed by atoms with Gasteiger partial charge < -0.3 is 9.16 Å². The van der Waals surface area contributed by atoms with E-state index in [9.17, 15) is 4.79 Å². The second-order valence-corrected chi connectivity index (χ2v) is 16.7. The van der Waals surface area contributed by atoms with Crippen molar-refractivity contribution < 1.29 is 14.0 Å². The highest BCUT2D eigenvalue weighted by Crippen LogP contribution is 2.38. The van der Waals surface area contributed by atoms with Crippen LogP contribution in [0, 0.1) is 11.8 Å². The summed E-state index contributed by atoms with van der Waals surface area (Å²) in [6.07, 6.45) is 2.27. The molecule has 0 bridgehead atoms. The average Bonchev–Trinajstić information content (AvgIpc) is 2.47. The van der Waals surface area contributed by atoms with Gasteiger partial charge in [0.1, 0.15) is 0 Å². The summed E-state index contributed by atoms with van der Waals surface area (Å²) in [5.41, 5.74) is 1.23. The first-order valence-electron chi connectivity index (χ1n) is 9.59. The predicted octanol–water partition coefficient (Wildman–Crippen LogP) is 6.30. The Bertz CT molecular complexity index is 486. The summed E-state index contributed by atoms with van der Waals surface area (Å²) in [5, 5.41) is 0.327. The topological polar surface area (TPSA) is 35.5 Å². The zero-order chi connectivity index (χ0) is 20.9. The highest BCUT2D eigenvalue weighted by Gasteiger charge is 2.37. The van der Waals surface area contributed by atoms with Crippen molar-refractivity contribution in [2.75, 3.05) is 13.7 Å². The lowest BCUT2D eigenvalue weighted by Gasteiger charge is -2.37. The number of ether oxygens (including phenoxy) is 1. The molecule has 0 radical (unpaired) electrons. The molecule has 0 aromatic heterocycles. The van der Waals surface area contributed by atoms with Crippen molar-refractivity contribution in [1.82, 2.24) is 0 Å². The van der Waals surface area contributed by atoms with Gasteiger partial charge in [-0.2, -0.15) is 0 Å². The first-order valence-corrected chi connectivity index (χ1v) is 13.4. The van der Waals surface area contributed by atoms with E-state index in [1.54, 1.807) is 0 Å². The van der Waals surface area contributed by atoms with E-state index in [2.05, 4.69) is 74.6 Å². The molecule has 5 heteroatoms. The lowest BCUT2D eigenvalue weighted by Crippen LogP contribution is -2.41. The molecule has 0 spiro atoms. The van der Waals surface area contributed by atoms with Crippen LogP contribution in [0.3, 0.4) is 0 Å². The summed E-state index contributed by atoms with van der Waals surface area (Å²) in [4.78, 5) is 12.1. The third kappa shape index (κ3) is 8.62. The number of carbonyl (C=O) groups excluding carboxylic acids is 1. The molecule has 0 aromatic carbocycles. The second-order valence-electron chi connectivity index (χ2n) is 9.92. The quantitative estimate of drug-likeness (QED) is 0.271. The molecule has 0 rings (SSSR count). The SMILES string of the molecule is COC(=O)[C@H](C)[C@H](SC(C)(C)C)/C(C)=C/[C@H](C)CO[Si](C)(C)C(C)(C)C. The lowest BCUT2D eigenvalue weighted by molar-refractivity contribution is -0.144. The maximum Gasteiger partial charge on any atom is 0.309 e. The van der Waals surface area contributed by atoms with Crippen LogP contribution >= 0.6 is 11.8 Å². The van der Waals surface area contributed by atoms with Crippen molar-refractivity contribution in [3.63, 3.8) is 0 Å². The van der Waals surface area contributed by atoms with Crippen molar-refractivity contribution in [2.45, 2.75) is 90.4 Å². The molecule has 0 aliphatic rings. The number of hydrogen-bond acceptors (Lipinski definition) is 4. The van der Waals surface area contributed by atoms with Gasteiger partial charge in [-0.05, 0) is 31.0 Å². The summed E-state index contributed by atoms with van der Waals surface area (Å²) >= 11 is 1.83. The maximum atomic E-state index is 12.1. The standard InChI is InChI=1S/C21H42O3SSi/c1-15(14-24-26(11,12)21(7,8)9)13-16(2)18(25-20(4,5)6)17(3)19(22)23-10/h13,15,17-18H,14H2,1-12H3/b16-13+/t15-,17+,18+/m0/s1. The van der Waals surface area contributed by atoms with Crippen molar-refractivity contribution in [3.05, 3.63) is 11.6 Å². The van der Waals surface area contributed by atoms with Gasteiger partial charge in [0.2, 0.25) is 0 Å². The van der Waals surface area contributed by atoms with Crippen LogP contribution in [0.5, 0.6) is 0 Å². The number of thioether (sulfide) groups is 1. The monoisotopic (exact) mass is 402 g/mol. The van der Waals surface area contributed by atoms with Crippen LogP contribution < -0.4 is 0 Å². The van der Waals surface area contributed by atoms with Crippen LogP contribution in [-0.2, 0) is 14.0 Å². The van der Waals surface area contributed by atoms with Crippen molar-refractivity contribution in [2.24, 2.45) is 11.8 Å². The van der Waals surface area contributed by atoms with Crippen LogP contribution in [0.4, 0.5) is 0 Å². The van der Waals surface area contributed by atoms with Crippen molar-refractivity contribution in [1.29, 1.82) is 0 Å². The van der Waals surface area contributed by atoms with Gasteiger partial charge in [-0.15, -0.1) is 11.8 Å². The molecule has 0 N–H and O–H groups in total. The molecule has 0 unspecified atom stereocenters. The molecule has 0 saturated heterocycles. The minimum atomic E-state index is -1.74. The molecule has 154 valence electrons. The van der Waals surface area contributed by atoms with Crippen molar-refractivity contribution >= 4 is 26.0 Å². The smallest absolute Gasteiger partial charge is 0.309 e. The van der Waals surface area contributed by atoms with Gasteiger partial charge in [-0.1, -0.05) is 67.0 Å². The van der Waals surface area contributed by atoms with E-state index in [4.69, 9.17) is 9.16 Å². The summed E-state index contributed by atoms with van der Waals surface area (Å²) in [7, 11) is -0.274. The van der Waals surface area contributed by atoms with Gasteiger partial charge in [-0.25, -0.2) is 0 Å². The second kappa shape index (κ2) is 9.79. The fourth-order valence-corrected chi connectivity index (χ4v) is 4.88. The number of rotatable bonds is 8. The molecule has 0 heterocycles. The highest BCUT2D eigenvalue weighted by atomic mass is 32.2. The maximum absolute atomic E-state index is 12.1. The van der Waals surface area contributed by atoms with Gasteiger partial charge >= 0.3 is 5.97 Å². The Kier molecular flexibility index (Phi) is 9.69. The zero-order valence-electron chi connectivity index (χ0n) is 19.1. The Morgan fingerprint density at radius 1 is 1.12 bits per heavy atom. The fraction of sp³-hybridized carbons (Fsp3) is 0.857. The molecule has 3 atom stereocenters. The molecule has 0 aliphatic carbocycles. The predicted molar refractivity (Wildman–Crippen MR) is 118 cm³/mol. The Labute approximate surface area is 167 Å². The van der Waals surface area contributed by atoms with E-state index in [0.29, 0.717) is 5.92 Å². The summed E-state index contributed by atoms with van der Waals surface area (Å²) in [6, 6.07) is 0. The number of methoxy groups -OCH3 is 1. The Balaban J connectivity index is 5.24. The average molecular weight is 403 g/mol. The molecular formula is C21H42O3SSi. The highest BCUT2D eigenvalue weighted by molar-refractivity contribution is 8.01. The van der Waals surface area contributed by atoms with Gasteiger partial charge in [0, 0.05) is 16.6 Å². The third-order valence-corrected chi connectivity index (χ3v) is 11.3. The van der Waals surface area contributed by atoms with Gasteiger partial charge in [0.15, 0.2) is 8.32 Å². The summed E-state index contributed by atoms with van der Waals surface area (Å²) in [5.74, 6) is -0.00398. The molecular weight excluding hydrogens is 360 g/mol. The molecule has 0 fully saturated rings. The van der Waals surface area contributed by atoms with E-state index in [1.807, 2.05) is 18.7 Å². The van der Waals surface area contributed by atoms with Gasteiger partial charge in [0.25, 0.3) is 0 Å². The summed E-state index contributed by atoms with van der Waals surface area (Å²) < 4.78 is 11.4. The first kappa shape index (κ1) is 25.7. The van der Waals surface area contributed by atoms with Gasteiger partial charge in [0.05, 0.1) is 13.0 Å².